The molecule has 2 N–H and O–H groups in total. The van der Waals surface area contributed by atoms with Crippen molar-refractivity contribution in [3.63, 3.8) is 0 Å². The molecule has 0 aliphatic heterocycles. The van der Waals surface area contributed by atoms with Crippen LogP contribution in [0.15, 0.2) is 47.4 Å². The van der Waals surface area contributed by atoms with Crippen LogP contribution in [0.4, 0.5) is 0 Å². The minimum Gasteiger partial charge on any atom is -0.496 e. The van der Waals surface area contributed by atoms with Crippen molar-refractivity contribution in [2.75, 3.05) is 14.2 Å². The lowest BCUT2D eigenvalue weighted by atomic mass is 10.1. The molecule has 0 radical (unpaired) electrons. The number of amides is 1. The number of hydrogen-bond donors (Lipinski definition) is 1. The predicted molar refractivity (Wildman–Crippen MR) is 104 cm³/mol. The molecule has 0 saturated heterocycles. The summed E-state index contributed by atoms with van der Waals surface area (Å²) in [7, 11) is -0.878. The van der Waals surface area contributed by atoms with E-state index in [1.165, 1.54) is 41.5 Å². The second kappa shape index (κ2) is 7.26. The molecule has 3 aromatic rings. The number of thiazole rings is 1. The van der Waals surface area contributed by atoms with Gasteiger partial charge in [-0.3, -0.25) is 4.79 Å². The third-order valence-electron chi connectivity index (χ3n) is 4.30. The second-order valence-corrected chi connectivity index (χ2v) is 8.64. The van der Waals surface area contributed by atoms with Gasteiger partial charge in [-0.15, -0.1) is 11.3 Å². The highest BCUT2D eigenvalue weighted by atomic mass is 32.2. The molecule has 9 heteroatoms. The van der Waals surface area contributed by atoms with Crippen molar-refractivity contribution >= 4 is 37.5 Å². The van der Waals surface area contributed by atoms with Crippen LogP contribution in [-0.2, 0) is 10.0 Å². The van der Waals surface area contributed by atoms with Crippen LogP contribution in [0.25, 0.3) is 10.2 Å². The quantitative estimate of drug-likeness (QED) is 0.703. The minimum absolute atomic E-state index is 0.125. The van der Waals surface area contributed by atoms with Gasteiger partial charge in [-0.2, -0.15) is 0 Å². The Hall–Kier alpha value is -2.49. The van der Waals surface area contributed by atoms with Gasteiger partial charge in [0.1, 0.15) is 10.8 Å². The van der Waals surface area contributed by atoms with Gasteiger partial charge in [0, 0.05) is 7.05 Å². The lowest BCUT2D eigenvalue weighted by molar-refractivity contribution is 0.0739. The summed E-state index contributed by atoms with van der Waals surface area (Å²) in [5.41, 5.74) is 0.999. The maximum Gasteiger partial charge on any atom is 0.257 e. The van der Waals surface area contributed by atoms with Crippen molar-refractivity contribution in [2.45, 2.75) is 17.9 Å². The average Bonchev–Trinajstić information content (AvgIpc) is 3.09. The number of hydrogen-bond acceptors (Lipinski definition) is 6. The highest BCUT2D eigenvalue weighted by molar-refractivity contribution is 7.89. The zero-order valence-electron chi connectivity index (χ0n) is 15.0. The number of nitrogens with two attached hydrogens (primary N) is 1. The molecule has 1 atom stereocenters. The lowest BCUT2D eigenvalue weighted by Crippen LogP contribution is -2.30. The van der Waals surface area contributed by atoms with Crippen molar-refractivity contribution in [3.05, 3.63) is 53.0 Å². The van der Waals surface area contributed by atoms with E-state index >= 15 is 0 Å². The zero-order chi connectivity index (χ0) is 19.8. The number of benzene rings is 2. The number of para-hydroxylation sites is 1. The van der Waals surface area contributed by atoms with Crippen LogP contribution in [0.2, 0.25) is 0 Å². The maximum atomic E-state index is 13.0. The number of ether oxygens (including phenoxy) is 1. The van der Waals surface area contributed by atoms with Gasteiger partial charge in [-0.05, 0) is 37.3 Å². The molecule has 1 amide bonds. The summed E-state index contributed by atoms with van der Waals surface area (Å²) in [6.07, 6.45) is 0. The Balaban J connectivity index is 1.96. The summed E-state index contributed by atoms with van der Waals surface area (Å²) in [6, 6.07) is 11.4. The molecule has 0 aliphatic rings. The van der Waals surface area contributed by atoms with E-state index in [0.29, 0.717) is 0 Å². The molecule has 0 saturated carbocycles. The van der Waals surface area contributed by atoms with Crippen molar-refractivity contribution in [1.82, 2.24) is 9.88 Å². The molecular formula is C18H19N3O4S2. The van der Waals surface area contributed by atoms with Crippen LogP contribution in [0.1, 0.15) is 28.3 Å². The van der Waals surface area contributed by atoms with Crippen molar-refractivity contribution in [3.8, 4) is 5.75 Å². The number of carbonyl (C=O) groups is 1. The van der Waals surface area contributed by atoms with Gasteiger partial charge in [-0.1, -0.05) is 12.1 Å². The van der Waals surface area contributed by atoms with E-state index in [9.17, 15) is 13.2 Å². The molecule has 1 aromatic heterocycles. The SMILES string of the molecule is COc1ccc(S(N)(=O)=O)cc1C(=O)N(C)[C@@H](C)c1nc2ccccc2s1. The van der Waals surface area contributed by atoms with Crippen LogP contribution in [0, 0.1) is 0 Å². The summed E-state index contributed by atoms with van der Waals surface area (Å²) in [6.45, 7) is 1.87. The molecule has 1 heterocycles. The molecule has 142 valence electrons. The highest BCUT2D eigenvalue weighted by Gasteiger charge is 2.25. The summed E-state index contributed by atoms with van der Waals surface area (Å²) in [4.78, 5) is 19.0. The summed E-state index contributed by atoms with van der Waals surface area (Å²) >= 11 is 1.51. The average molecular weight is 406 g/mol. The van der Waals surface area contributed by atoms with E-state index in [-0.39, 0.29) is 28.2 Å². The number of carbonyl (C=O) groups excluding carboxylic acids is 1. The van der Waals surface area contributed by atoms with Crippen LogP contribution in [-0.4, -0.2) is 38.4 Å². The zero-order valence-corrected chi connectivity index (χ0v) is 16.7. The number of rotatable bonds is 5. The van der Waals surface area contributed by atoms with Gasteiger partial charge in [0.15, 0.2) is 0 Å². The van der Waals surface area contributed by atoms with Crippen molar-refractivity contribution < 1.29 is 17.9 Å². The number of nitrogens with zero attached hydrogens (tertiary/aromatic N) is 2. The first-order valence-corrected chi connectivity index (χ1v) is 10.4. The Labute approximate surface area is 161 Å². The Morgan fingerprint density at radius 1 is 1.26 bits per heavy atom. The largest absolute Gasteiger partial charge is 0.496 e. The first-order valence-electron chi connectivity index (χ1n) is 8.06. The van der Waals surface area contributed by atoms with Crippen LogP contribution in [0.3, 0.4) is 0 Å². The third kappa shape index (κ3) is 3.80. The van der Waals surface area contributed by atoms with Gasteiger partial charge < -0.3 is 9.64 Å². The van der Waals surface area contributed by atoms with E-state index in [1.54, 1.807) is 7.05 Å². The van der Waals surface area contributed by atoms with Gasteiger partial charge in [0.05, 0.1) is 33.8 Å². The minimum atomic E-state index is -3.94. The number of aromatic nitrogens is 1. The first kappa shape index (κ1) is 19.3. The van der Waals surface area contributed by atoms with E-state index < -0.39 is 10.0 Å². The Morgan fingerprint density at radius 2 is 1.96 bits per heavy atom. The third-order valence-corrected chi connectivity index (χ3v) is 6.42. The molecule has 3 rings (SSSR count). The normalized spacial score (nSPS) is 12.7. The number of primary sulfonamides is 1. The fraction of sp³-hybridized carbons (Fsp3) is 0.222. The molecule has 27 heavy (non-hydrogen) atoms. The molecular weight excluding hydrogens is 386 g/mol. The smallest absolute Gasteiger partial charge is 0.257 e. The molecule has 0 spiro atoms. The predicted octanol–water partition coefficient (Wildman–Crippen LogP) is 2.79. The molecule has 0 aliphatic carbocycles. The van der Waals surface area contributed by atoms with E-state index in [2.05, 4.69) is 4.98 Å². The monoisotopic (exact) mass is 405 g/mol. The summed E-state index contributed by atoms with van der Waals surface area (Å²) < 4.78 is 29.5. The van der Waals surface area contributed by atoms with Gasteiger partial charge >= 0.3 is 0 Å². The lowest BCUT2D eigenvalue weighted by Gasteiger charge is -2.24. The number of methoxy groups -OCH3 is 1. The number of fused-ring (bicyclic) bond motifs is 1. The molecule has 2 aromatic carbocycles. The number of sulfonamides is 1. The van der Waals surface area contributed by atoms with Crippen LogP contribution >= 0.6 is 11.3 Å². The highest BCUT2D eigenvalue weighted by Crippen LogP contribution is 2.31. The summed E-state index contributed by atoms with van der Waals surface area (Å²) in [5.74, 6) is -0.111. The van der Waals surface area contributed by atoms with Crippen LogP contribution < -0.4 is 9.88 Å². The van der Waals surface area contributed by atoms with Crippen LogP contribution in [0.5, 0.6) is 5.75 Å². The summed E-state index contributed by atoms with van der Waals surface area (Å²) in [5, 5.41) is 5.97. The Bertz CT molecular complexity index is 1080. The van der Waals surface area contributed by atoms with Crippen molar-refractivity contribution in [1.29, 1.82) is 0 Å². The van der Waals surface area contributed by atoms with Gasteiger partial charge in [0.25, 0.3) is 5.91 Å². The van der Waals surface area contributed by atoms with E-state index in [1.807, 2.05) is 31.2 Å². The Kier molecular flexibility index (Phi) is 5.18. The molecule has 0 bridgehead atoms. The Morgan fingerprint density at radius 3 is 2.59 bits per heavy atom. The molecule has 0 unspecified atom stereocenters. The molecule has 7 nitrogen and oxygen atoms in total. The molecule has 0 fully saturated rings. The van der Waals surface area contributed by atoms with Gasteiger partial charge in [-0.25, -0.2) is 18.5 Å². The van der Waals surface area contributed by atoms with Crippen molar-refractivity contribution in [2.24, 2.45) is 5.14 Å². The first-order chi connectivity index (χ1) is 12.7. The van der Waals surface area contributed by atoms with E-state index in [0.717, 1.165) is 15.2 Å². The fourth-order valence-electron chi connectivity index (χ4n) is 2.63. The maximum absolute atomic E-state index is 13.0. The second-order valence-electron chi connectivity index (χ2n) is 6.02. The van der Waals surface area contributed by atoms with Gasteiger partial charge in [0.2, 0.25) is 10.0 Å². The standard InChI is InChI=1S/C18H19N3O4S2/c1-11(17-20-14-6-4-5-7-16(14)26-17)21(2)18(22)13-10-12(27(19,23)24)8-9-15(13)25-3/h4-11H,1-3H3,(H2,19,23,24)/t11-/m0/s1. The fourth-order valence-corrected chi connectivity index (χ4v) is 4.23. The topological polar surface area (TPSA) is 103 Å². The van der Waals surface area contributed by atoms with E-state index in [4.69, 9.17) is 9.88 Å².